The van der Waals surface area contributed by atoms with E-state index in [9.17, 15) is 14.4 Å². The number of carboxylic acid groups (broad SMARTS) is 2. The van der Waals surface area contributed by atoms with Gasteiger partial charge in [-0.1, -0.05) is 15.9 Å². The van der Waals surface area contributed by atoms with E-state index in [1.807, 2.05) is 0 Å². The molecule has 1 saturated heterocycles. The topological polar surface area (TPSA) is 94.9 Å². The maximum Gasteiger partial charge on any atom is 0.335 e. The van der Waals surface area contributed by atoms with Crippen LogP contribution in [0.1, 0.15) is 16.8 Å². The van der Waals surface area contributed by atoms with Gasteiger partial charge in [0.25, 0.3) is 0 Å². The van der Waals surface area contributed by atoms with Gasteiger partial charge in [0.2, 0.25) is 5.91 Å². The lowest BCUT2D eigenvalue weighted by atomic mass is 10.1. The van der Waals surface area contributed by atoms with Gasteiger partial charge in [0.05, 0.1) is 11.5 Å². The monoisotopic (exact) mass is 327 g/mol. The van der Waals surface area contributed by atoms with Crippen molar-refractivity contribution in [3.63, 3.8) is 0 Å². The summed E-state index contributed by atoms with van der Waals surface area (Å²) in [5, 5.41) is 17.9. The Morgan fingerprint density at radius 3 is 2.47 bits per heavy atom. The maximum atomic E-state index is 11.8. The fraction of sp³-hybridized carbons (Fsp3) is 0.250. The fourth-order valence-electron chi connectivity index (χ4n) is 1.98. The Kier molecular flexibility index (Phi) is 3.57. The third kappa shape index (κ3) is 2.76. The summed E-state index contributed by atoms with van der Waals surface area (Å²) in [7, 11) is 0. The Morgan fingerprint density at radius 2 is 1.95 bits per heavy atom. The molecule has 1 fully saturated rings. The molecule has 0 saturated carbocycles. The van der Waals surface area contributed by atoms with Gasteiger partial charge >= 0.3 is 11.9 Å². The number of carboxylic acids is 2. The van der Waals surface area contributed by atoms with Crippen molar-refractivity contribution in [3.8, 4) is 0 Å². The van der Waals surface area contributed by atoms with Gasteiger partial charge in [0, 0.05) is 23.1 Å². The number of aliphatic carboxylic acids is 1. The summed E-state index contributed by atoms with van der Waals surface area (Å²) in [5.41, 5.74) is 0.427. The molecule has 2 N–H and O–H groups in total. The van der Waals surface area contributed by atoms with Crippen LogP contribution in [0.25, 0.3) is 0 Å². The van der Waals surface area contributed by atoms with Crippen LogP contribution in [0, 0.1) is 5.92 Å². The van der Waals surface area contributed by atoms with Crippen molar-refractivity contribution in [1.29, 1.82) is 0 Å². The van der Waals surface area contributed by atoms with Gasteiger partial charge in [-0.2, -0.15) is 0 Å². The first-order valence-electron chi connectivity index (χ1n) is 5.45. The van der Waals surface area contributed by atoms with Crippen LogP contribution in [-0.4, -0.2) is 34.6 Å². The lowest BCUT2D eigenvalue weighted by molar-refractivity contribution is -0.141. The number of carbonyl (C=O) groups excluding carboxylic acids is 1. The van der Waals surface area contributed by atoms with E-state index in [0.717, 1.165) is 0 Å². The second-order valence-corrected chi connectivity index (χ2v) is 5.16. The van der Waals surface area contributed by atoms with Gasteiger partial charge in [0.1, 0.15) is 0 Å². The normalized spacial score (nSPS) is 18.7. The molecule has 0 radical (unpaired) electrons. The van der Waals surface area contributed by atoms with Gasteiger partial charge in [-0.15, -0.1) is 0 Å². The molecule has 1 atom stereocenters. The van der Waals surface area contributed by atoms with E-state index in [0.29, 0.717) is 10.2 Å². The van der Waals surface area contributed by atoms with Gasteiger partial charge < -0.3 is 15.1 Å². The van der Waals surface area contributed by atoms with E-state index in [4.69, 9.17) is 10.2 Å². The van der Waals surface area contributed by atoms with Crippen LogP contribution < -0.4 is 4.90 Å². The zero-order valence-electron chi connectivity index (χ0n) is 9.67. The van der Waals surface area contributed by atoms with Crippen LogP contribution in [0.4, 0.5) is 5.69 Å². The van der Waals surface area contributed by atoms with Crippen LogP contribution in [0.3, 0.4) is 0 Å². The van der Waals surface area contributed by atoms with E-state index in [2.05, 4.69) is 15.9 Å². The minimum absolute atomic E-state index is 0.0379. The molecular weight excluding hydrogens is 318 g/mol. The highest BCUT2D eigenvalue weighted by Gasteiger charge is 2.35. The van der Waals surface area contributed by atoms with E-state index in [1.54, 1.807) is 6.07 Å². The molecule has 1 amide bonds. The number of hydrogen-bond acceptors (Lipinski definition) is 3. The second-order valence-electron chi connectivity index (χ2n) is 4.25. The highest BCUT2D eigenvalue weighted by atomic mass is 79.9. The average molecular weight is 328 g/mol. The lowest BCUT2D eigenvalue weighted by Crippen LogP contribution is -2.26. The molecule has 1 aromatic rings. The molecule has 6 nitrogen and oxygen atoms in total. The average Bonchev–Trinajstić information content (AvgIpc) is 2.70. The molecule has 19 heavy (non-hydrogen) atoms. The van der Waals surface area contributed by atoms with Crippen molar-refractivity contribution in [2.45, 2.75) is 6.42 Å². The Hall–Kier alpha value is -1.89. The summed E-state index contributed by atoms with van der Waals surface area (Å²) in [6.07, 6.45) is -0.0652. The highest BCUT2D eigenvalue weighted by Crippen LogP contribution is 2.29. The third-order valence-electron chi connectivity index (χ3n) is 2.92. The number of halogens is 1. The number of nitrogens with zero attached hydrogens (tertiary/aromatic N) is 1. The number of hydrogen-bond donors (Lipinski definition) is 2. The quantitative estimate of drug-likeness (QED) is 0.878. The number of carbonyl (C=O) groups is 3. The summed E-state index contributed by atoms with van der Waals surface area (Å²) >= 11 is 3.17. The van der Waals surface area contributed by atoms with Crippen LogP contribution in [0.15, 0.2) is 22.7 Å². The molecular formula is C12H10BrNO5. The minimum atomic E-state index is -1.11. The molecule has 0 bridgehead atoms. The summed E-state index contributed by atoms with van der Waals surface area (Å²) < 4.78 is 0.522. The molecule has 100 valence electrons. The van der Waals surface area contributed by atoms with Crippen molar-refractivity contribution in [2.75, 3.05) is 11.4 Å². The predicted octanol–water partition coefficient (Wildman–Crippen LogP) is 1.58. The second kappa shape index (κ2) is 5.00. The molecule has 2 rings (SSSR count). The minimum Gasteiger partial charge on any atom is -0.481 e. The number of amides is 1. The molecule has 1 heterocycles. The SMILES string of the molecule is O=C(O)c1cc(Br)cc(N2CC(C(=O)O)CC2=O)c1. The van der Waals surface area contributed by atoms with Gasteiger partial charge in [-0.05, 0) is 18.2 Å². The zero-order chi connectivity index (χ0) is 14.2. The molecule has 0 aromatic heterocycles. The summed E-state index contributed by atoms with van der Waals surface area (Å²) in [6, 6.07) is 4.37. The predicted molar refractivity (Wildman–Crippen MR) is 69.2 cm³/mol. The molecule has 7 heteroatoms. The first kappa shape index (κ1) is 13.5. The van der Waals surface area contributed by atoms with E-state index >= 15 is 0 Å². The van der Waals surface area contributed by atoms with E-state index < -0.39 is 17.9 Å². The molecule has 0 aliphatic carbocycles. The van der Waals surface area contributed by atoms with Gasteiger partial charge in [-0.3, -0.25) is 9.59 Å². The van der Waals surface area contributed by atoms with E-state index in [1.165, 1.54) is 17.0 Å². The standard InChI is InChI=1S/C12H10BrNO5/c13-8-1-6(11(16)17)2-9(4-8)14-5-7(12(18)19)3-10(14)15/h1-2,4,7H,3,5H2,(H,16,17)(H,18,19). The third-order valence-corrected chi connectivity index (χ3v) is 3.37. The highest BCUT2D eigenvalue weighted by molar-refractivity contribution is 9.10. The van der Waals surface area contributed by atoms with Crippen LogP contribution in [0.5, 0.6) is 0 Å². The molecule has 0 spiro atoms. The summed E-state index contributed by atoms with van der Waals surface area (Å²) in [6.45, 7) is 0.0592. The van der Waals surface area contributed by atoms with Crippen LogP contribution >= 0.6 is 15.9 Å². The first-order chi connectivity index (χ1) is 8.88. The number of benzene rings is 1. The van der Waals surface area contributed by atoms with Crippen molar-refractivity contribution < 1.29 is 24.6 Å². The fourth-order valence-corrected chi connectivity index (χ4v) is 2.46. The molecule has 1 unspecified atom stereocenters. The van der Waals surface area contributed by atoms with Crippen molar-refractivity contribution in [2.24, 2.45) is 5.92 Å². The maximum absolute atomic E-state index is 11.8. The first-order valence-corrected chi connectivity index (χ1v) is 6.25. The molecule has 1 aliphatic heterocycles. The van der Waals surface area contributed by atoms with Crippen molar-refractivity contribution in [3.05, 3.63) is 28.2 Å². The Balaban J connectivity index is 2.34. The Morgan fingerprint density at radius 1 is 1.26 bits per heavy atom. The largest absolute Gasteiger partial charge is 0.481 e. The van der Waals surface area contributed by atoms with Crippen molar-refractivity contribution in [1.82, 2.24) is 0 Å². The number of aromatic carboxylic acids is 1. The van der Waals surface area contributed by atoms with Crippen LogP contribution in [-0.2, 0) is 9.59 Å². The molecule has 1 aliphatic rings. The van der Waals surface area contributed by atoms with E-state index in [-0.39, 0.29) is 24.4 Å². The lowest BCUT2D eigenvalue weighted by Gasteiger charge is -2.17. The van der Waals surface area contributed by atoms with Crippen LogP contribution in [0.2, 0.25) is 0 Å². The number of anilines is 1. The van der Waals surface area contributed by atoms with Crippen molar-refractivity contribution >= 4 is 39.5 Å². The smallest absolute Gasteiger partial charge is 0.335 e. The molecule has 1 aromatic carbocycles. The number of rotatable bonds is 3. The summed E-state index contributed by atoms with van der Waals surface area (Å²) in [5.74, 6) is -3.20. The summed E-state index contributed by atoms with van der Waals surface area (Å²) in [4.78, 5) is 34.9. The Bertz CT molecular complexity index is 571. The zero-order valence-corrected chi connectivity index (χ0v) is 11.3. The van der Waals surface area contributed by atoms with Gasteiger partial charge in [-0.25, -0.2) is 4.79 Å². The Labute approximate surface area is 116 Å². The van der Waals surface area contributed by atoms with Gasteiger partial charge in [0.15, 0.2) is 0 Å².